The van der Waals surface area contributed by atoms with Crippen molar-refractivity contribution in [3.8, 4) is 0 Å². The van der Waals surface area contributed by atoms with Crippen molar-refractivity contribution in [3.05, 3.63) is 29.0 Å². The molecule has 0 saturated carbocycles. The Morgan fingerprint density at radius 3 is 2.85 bits per heavy atom. The second-order valence-electron chi connectivity index (χ2n) is 4.65. The number of rotatable bonds is 7. The van der Waals surface area contributed by atoms with Crippen LogP contribution in [0.3, 0.4) is 0 Å². The zero-order valence-electron chi connectivity index (χ0n) is 11.1. The van der Waals surface area contributed by atoms with Gasteiger partial charge in [-0.15, -0.1) is 11.6 Å². The Morgan fingerprint density at radius 2 is 2.15 bits per heavy atom. The molecule has 0 spiro atoms. The van der Waals surface area contributed by atoms with Crippen LogP contribution in [0.4, 0.5) is 0 Å². The van der Waals surface area contributed by atoms with E-state index in [-0.39, 0.29) is 5.91 Å². The summed E-state index contributed by atoms with van der Waals surface area (Å²) in [6, 6.07) is 5.75. The Hall–Kier alpha value is -1.26. The molecule has 0 aliphatic carbocycles. The van der Waals surface area contributed by atoms with E-state index in [4.69, 9.17) is 28.9 Å². The van der Waals surface area contributed by atoms with Gasteiger partial charge in [0.1, 0.15) is 11.3 Å². The lowest BCUT2D eigenvalue weighted by Crippen LogP contribution is -2.11. The molecule has 1 heterocycles. The summed E-state index contributed by atoms with van der Waals surface area (Å²) >= 11 is 12.0. The Labute approximate surface area is 127 Å². The predicted molar refractivity (Wildman–Crippen MR) is 82.2 cm³/mol. The fraction of sp³-hybridized carbons (Fsp3) is 0.429. The van der Waals surface area contributed by atoms with Crippen LogP contribution in [-0.2, 0) is 17.8 Å². The smallest absolute Gasteiger partial charge is 0.217 e. The summed E-state index contributed by atoms with van der Waals surface area (Å²) < 4.78 is 2.13. The van der Waals surface area contributed by atoms with E-state index in [0.717, 1.165) is 36.2 Å². The van der Waals surface area contributed by atoms with Crippen LogP contribution in [0.1, 0.15) is 25.1 Å². The third-order valence-corrected chi connectivity index (χ3v) is 3.68. The minimum atomic E-state index is -0.260. The van der Waals surface area contributed by atoms with Crippen LogP contribution in [0.15, 0.2) is 18.2 Å². The predicted octanol–water partition coefficient (Wildman–Crippen LogP) is 3.13. The highest BCUT2D eigenvalue weighted by Gasteiger charge is 2.12. The number of benzene rings is 1. The molecule has 0 unspecified atom stereocenters. The second kappa shape index (κ2) is 6.95. The molecule has 4 nitrogen and oxygen atoms in total. The first-order valence-electron chi connectivity index (χ1n) is 6.61. The topological polar surface area (TPSA) is 60.9 Å². The number of hydrogen-bond acceptors (Lipinski definition) is 2. The second-order valence-corrected chi connectivity index (χ2v) is 5.43. The van der Waals surface area contributed by atoms with Crippen LogP contribution in [0, 0.1) is 0 Å². The zero-order chi connectivity index (χ0) is 14.5. The summed E-state index contributed by atoms with van der Waals surface area (Å²) in [5.41, 5.74) is 6.97. The molecule has 0 bridgehead atoms. The Balaban J connectivity index is 2.22. The molecule has 0 radical (unpaired) electrons. The third-order valence-electron chi connectivity index (χ3n) is 3.18. The van der Waals surface area contributed by atoms with Gasteiger partial charge in [0.05, 0.1) is 10.5 Å². The van der Waals surface area contributed by atoms with Crippen LogP contribution >= 0.6 is 23.2 Å². The van der Waals surface area contributed by atoms with Crippen molar-refractivity contribution < 1.29 is 4.79 Å². The van der Waals surface area contributed by atoms with Crippen LogP contribution in [0.2, 0.25) is 5.02 Å². The number of amides is 1. The molecule has 2 aromatic rings. The molecule has 20 heavy (non-hydrogen) atoms. The number of fused-ring (bicyclic) bond motifs is 1. The van der Waals surface area contributed by atoms with Gasteiger partial charge in [-0.2, -0.15) is 0 Å². The number of hydrogen-bond donors (Lipinski definition) is 1. The lowest BCUT2D eigenvalue weighted by molar-refractivity contribution is -0.118. The van der Waals surface area contributed by atoms with Crippen LogP contribution in [0.5, 0.6) is 0 Å². The Bertz CT molecular complexity index is 610. The molecule has 2 N–H and O–H groups in total. The standard InChI is InChI=1S/C14H17Cl2N3O/c15-8-7-13-18-14-10(16)4-3-5-11(14)19(13)9-2-1-6-12(17)20/h3-5H,1-2,6-9H2,(H2,17,20). The van der Waals surface area contributed by atoms with Gasteiger partial charge in [0.15, 0.2) is 0 Å². The number of carbonyl (C=O) groups excluding carboxylic acids is 1. The lowest BCUT2D eigenvalue weighted by atomic mass is 10.2. The zero-order valence-corrected chi connectivity index (χ0v) is 12.6. The SMILES string of the molecule is NC(=O)CCCCn1c(CCCl)nc2c(Cl)cccc21. The average molecular weight is 314 g/mol. The number of halogens is 2. The number of imidazole rings is 1. The largest absolute Gasteiger partial charge is 0.370 e. The highest BCUT2D eigenvalue weighted by atomic mass is 35.5. The number of nitrogens with zero attached hydrogens (tertiary/aromatic N) is 2. The number of para-hydroxylation sites is 1. The summed E-state index contributed by atoms with van der Waals surface area (Å²) in [6.45, 7) is 0.788. The van der Waals surface area contributed by atoms with Gasteiger partial charge in [-0.1, -0.05) is 17.7 Å². The number of carbonyl (C=O) groups is 1. The van der Waals surface area contributed by atoms with Crippen LogP contribution in [-0.4, -0.2) is 21.3 Å². The van der Waals surface area contributed by atoms with Crippen LogP contribution in [0.25, 0.3) is 11.0 Å². The molecule has 108 valence electrons. The van der Waals surface area contributed by atoms with E-state index in [1.54, 1.807) is 0 Å². The van der Waals surface area contributed by atoms with E-state index in [1.165, 1.54) is 0 Å². The highest BCUT2D eigenvalue weighted by Crippen LogP contribution is 2.24. The average Bonchev–Trinajstić information content (AvgIpc) is 2.75. The van der Waals surface area contributed by atoms with Crippen molar-refractivity contribution in [3.63, 3.8) is 0 Å². The number of aryl methyl sites for hydroxylation is 2. The van der Waals surface area contributed by atoms with E-state index in [0.29, 0.717) is 23.7 Å². The maximum atomic E-state index is 10.8. The fourth-order valence-electron chi connectivity index (χ4n) is 2.25. The number of unbranched alkanes of at least 4 members (excludes halogenated alkanes) is 1. The molecule has 1 aromatic heterocycles. The van der Waals surface area contributed by atoms with Crippen molar-refractivity contribution in [2.24, 2.45) is 5.73 Å². The summed E-state index contributed by atoms with van der Waals surface area (Å²) in [5.74, 6) is 1.19. The molecule has 2 rings (SSSR count). The molecule has 0 fully saturated rings. The monoisotopic (exact) mass is 313 g/mol. The summed E-state index contributed by atoms with van der Waals surface area (Å²) in [5, 5.41) is 0.647. The van der Waals surface area contributed by atoms with Crippen molar-refractivity contribution >= 4 is 40.1 Å². The summed E-state index contributed by atoms with van der Waals surface area (Å²) in [7, 11) is 0. The third kappa shape index (κ3) is 3.44. The first kappa shape index (κ1) is 15.1. The van der Waals surface area contributed by atoms with Gasteiger partial charge in [0.2, 0.25) is 5.91 Å². The number of primary amides is 1. The van der Waals surface area contributed by atoms with E-state index in [1.807, 2.05) is 18.2 Å². The quantitative estimate of drug-likeness (QED) is 0.630. The van der Waals surface area contributed by atoms with Gasteiger partial charge in [0.25, 0.3) is 0 Å². The van der Waals surface area contributed by atoms with Crippen molar-refractivity contribution in [2.45, 2.75) is 32.2 Å². The first-order valence-corrected chi connectivity index (χ1v) is 7.52. The van der Waals surface area contributed by atoms with Gasteiger partial charge in [-0.25, -0.2) is 4.98 Å². The normalized spacial score (nSPS) is 11.1. The van der Waals surface area contributed by atoms with Gasteiger partial charge < -0.3 is 10.3 Å². The molecular weight excluding hydrogens is 297 g/mol. The Kier molecular flexibility index (Phi) is 5.26. The molecule has 1 amide bonds. The van der Waals surface area contributed by atoms with Gasteiger partial charge in [-0.3, -0.25) is 4.79 Å². The summed E-state index contributed by atoms with van der Waals surface area (Å²) in [4.78, 5) is 15.3. The van der Waals surface area contributed by atoms with Crippen molar-refractivity contribution in [1.29, 1.82) is 0 Å². The number of alkyl halides is 1. The van der Waals surface area contributed by atoms with E-state index < -0.39 is 0 Å². The van der Waals surface area contributed by atoms with Crippen molar-refractivity contribution in [1.82, 2.24) is 9.55 Å². The molecular formula is C14H17Cl2N3O. The van der Waals surface area contributed by atoms with Crippen LogP contribution < -0.4 is 5.73 Å². The molecule has 0 aliphatic rings. The van der Waals surface area contributed by atoms with Gasteiger partial charge >= 0.3 is 0 Å². The first-order chi connectivity index (χ1) is 9.63. The maximum absolute atomic E-state index is 10.8. The fourth-order valence-corrected chi connectivity index (χ4v) is 2.64. The minimum Gasteiger partial charge on any atom is -0.370 e. The molecule has 0 aliphatic heterocycles. The number of aromatic nitrogens is 2. The maximum Gasteiger partial charge on any atom is 0.217 e. The highest BCUT2D eigenvalue weighted by molar-refractivity contribution is 6.34. The molecule has 6 heteroatoms. The number of nitrogens with two attached hydrogens (primary N) is 1. The van der Waals surface area contributed by atoms with Gasteiger partial charge in [0, 0.05) is 25.3 Å². The van der Waals surface area contributed by atoms with E-state index >= 15 is 0 Å². The molecule has 0 atom stereocenters. The van der Waals surface area contributed by atoms with Gasteiger partial charge in [-0.05, 0) is 25.0 Å². The van der Waals surface area contributed by atoms with Crippen molar-refractivity contribution in [2.75, 3.05) is 5.88 Å². The van der Waals surface area contributed by atoms with E-state index in [2.05, 4.69) is 9.55 Å². The molecule has 1 aromatic carbocycles. The van der Waals surface area contributed by atoms with E-state index in [9.17, 15) is 4.79 Å². The lowest BCUT2D eigenvalue weighted by Gasteiger charge is -2.08. The Morgan fingerprint density at radius 1 is 1.35 bits per heavy atom. The summed E-state index contributed by atoms with van der Waals surface area (Å²) in [6.07, 6.45) is 2.76. The molecule has 0 saturated heterocycles. The minimum absolute atomic E-state index is 0.260.